The molecule has 2 aromatic rings. The number of ether oxygens (including phenoxy) is 1. The maximum Gasteiger partial charge on any atom is 0.119 e. The van der Waals surface area contributed by atoms with Gasteiger partial charge in [0.2, 0.25) is 0 Å². The van der Waals surface area contributed by atoms with Crippen molar-refractivity contribution in [2.45, 2.75) is 39.2 Å². The zero-order chi connectivity index (χ0) is 14.8. The largest absolute Gasteiger partial charge is 0.497 e. The van der Waals surface area contributed by atoms with Crippen LogP contribution < -0.4 is 10.1 Å². The van der Waals surface area contributed by atoms with Crippen LogP contribution in [-0.4, -0.2) is 7.11 Å². The molecule has 2 aromatic carbocycles. The van der Waals surface area contributed by atoms with E-state index in [-0.39, 0.29) is 0 Å². The van der Waals surface area contributed by atoms with Crippen LogP contribution in [0.5, 0.6) is 5.75 Å². The number of methoxy groups -OCH3 is 1. The first-order chi connectivity index (χ1) is 10.2. The van der Waals surface area contributed by atoms with E-state index in [0.717, 1.165) is 12.2 Å². The molecule has 0 amide bonds. The molecule has 1 unspecified atom stereocenters. The van der Waals surface area contributed by atoms with Crippen LogP contribution in [0.2, 0.25) is 0 Å². The van der Waals surface area contributed by atoms with Gasteiger partial charge in [-0.3, -0.25) is 0 Å². The fourth-order valence-electron chi connectivity index (χ4n) is 3.33. The number of anilines is 1. The van der Waals surface area contributed by atoms with E-state index in [9.17, 15) is 0 Å². The minimum Gasteiger partial charge on any atom is -0.497 e. The molecule has 0 bridgehead atoms. The smallest absolute Gasteiger partial charge is 0.119 e. The quantitative estimate of drug-likeness (QED) is 0.872. The maximum absolute atomic E-state index is 5.34. The lowest BCUT2D eigenvalue weighted by Gasteiger charge is -2.28. The highest BCUT2D eigenvalue weighted by Gasteiger charge is 2.20. The number of rotatable bonds is 3. The molecule has 0 saturated carbocycles. The fourth-order valence-corrected chi connectivity index (χ4v) is 3.33. The highest BCUT2D eigenvalue weighted by Crippen LogP contribution is 2.34. The van der Waals surface area contributed by atoms with Crippen LogP contribution in [-0.2, 0) is 6.42 Å². The van der Waals surface area contributed by atoms with Crippen molar-refractivity contribution in [2.75, 3.05) is 12.4 Å². The topological polar surface area (TPSA) is 21.3 Å². The summed E-state index contributed by atoms with van der Waals surface area (Å²) in [6, 6.07) is 13.5. The monoisotopic (exact) mass is 281 g/mol. The van der Waals surface area contributed by atoms with Gasteiger partial charge in [0.1, 0.15) is 5.75 Å². The molecule has 110 valence electrons. The van der Waals surface area contributed by atoms with Crippen molar-refractivity contribution in [3.8, 4) is 5.75 Å². The third-order valence-corrected chi connectivity index (χ3v) is 4.23. The van der Waals surface area contributed by atoms with Gasteiger partial charge in [0, 0.05) is 5.69 Å². The normalized spacial score (nSPS) is 17.2. The second-order valence-corrected chi connectivity index (χ2v) is 6.03. The molecular formula is C19H23NO. The summed E-state index contributed by atoms with van der Waals surface area (Å²) in [4.78, 5) is 0. The van der Waals surface area contributed by atoms with E-state index in [4.69, 9.17) is 4.74 Å². The third-order valence-electron chi connectivity index (χ3n) is 4.23. The van der Waals surface area contributed by atoms with Crippen LogP contribution >= 0.6 is 0 Å². The lowest BCUT2D eigenvalue weighted by Crippen LogP contribution is -2.17. The van der Waals surface area contributed by atoms with Gasteiger partial charge in [-0.05, 0) is 79.6 Å². The van der Waals surface area contributed by atoms with Crippen LogP contribution in [0.3, 0.4) is 0 Å². The summed E-state index contributed by atoms with van der Waals surface area (Å²) in [5.74, 6) is 0.959. The molecular weight excluding hydrogens is 258 g/mol. The number of fused-ring (bicyclic) bond motifs is 1. The average Bonchev–Trinajstić information content (AvgIpc) is 2.46. The van der Waals surface area contributed by atoms with Crippen molar-refractivity contribution in [3.63, 3.8) is 0 Å². The summed E-state index contributed by atoms with van der Waals surface area (Å²) in [6.07, 6.45) is 3.56. The predicted molar refractivity (Wildman–Crippen MR) is 88.2 cm³/mol. The van der Waals surface area contributed by atoms with Crippen molar-refractivity contribution in [1.82, 2.24) is 0 Å². The standard InChI is InChI=1S/C19H23NO/c1-13-9-14(2)11-16(10-13)20-19-6-4-5-15-12-17(21-3)7-8-18(15)19/h7-12,19-20H,4-6H2,1-3H3. The Morgan fingerprint density at radius 2 is 1.81 bits per heavy atom. The van der Waals surface area contributed by atoms with E-state index in [0.29, 0.717) is 6.04 Å². The summed E-state index contributed by atoms with van der Waals surface area (Å²) >= 11 is 0. The van der Waals surface area contributed by atoms with Crippen molar-refractivity contribution in [2.24, 2.45) is 0 Å². The Kier molecular flexibility index (Phi) is 3.87. The molecule has 0 spiro atoms. The predicted octanol–water partition coefficient (Wildman–Crippen LogP) is 4.80. The first kappa shape index (κ1) is 14.0. The van der Waals surface area contributed by atoms with E-state index in [1.165, 1.54) is 40.8 Å². The van der Waals surface area contributed by atoms with Crippen LogP contribution in [0.4, 0.5) is 5.69 Å². The first-order valence-corrected chi connectivity index (χ1v) is 7.67. The third kappa shape index (κ3) is 3.05. The average molecular weight is 281 g/mol. The zero-order valence-electron chi connectivity index (χ0n) is 13.1. The van der Waals surface area contributed by atoms with Crippen LogP contribution in [0.15, 0.2) is 36.4 Å². The molecule has 2 nitrogen and oxygen atoms in total. The molecule has 0 aliphatic heterocycles. The molecule has 0 aromatic heterocycles. The number of benzene rings is 2. The number of hydrogen-bond donors (Lipinski definition) is 1. The number of aryl methyl sites for hydroxylation is 3. The van der Waals surface area contributed by atoms with E-state index >= 15 is 0 Å². The Hall–Kier alpha value is -1.96. The van der Waals surface area contributed by atoms with Crippen molar-refractivity contribution in [1.29, 1.82) is 0 Å². The zero-order valence-corrected chi connectivity index (χ0v) is 13.1. The fraction of sp³-hybridized carbons (Fsp3) is 0.368. The Morgan fingerprint density at radius 1 is 1.05 bits per heavy atom. The Bertz CT molecular complexity index is 628. The van der Waals surface area contributed by atoms with Crippen LogP contribution in [0.25, 0.3) is 0 Å². The summed E-state index contributed by atoms with van der Waals surface area (Å²) in [6.45, 7) is 4.30. The second kappa shape index (κ2) is 5.80. The molecule has 0 fully saturated rings. The molecule has 1 atom stereocenters. The molecule has 1 N–H and O–H groups in total. The molecule has 0 heterocycles. The van der Waals surface area contributed by atoms with E-state index in [2.05, 4.69) is 55.6 Å². The molecule has 0 radical (unpaired) electrons. The van der Waals surface area contributed by atoms with Gasteiger partial charge in [-0.2, -0.15) is 0 Å². The minimum absolute atomic E-state index is 0.404. The SMILES string of the molecule is COc1ccc2c(c1)CCCC2Nc1cc(C)cc(C)c1. The van der Waals surface area contributed by atoms with Crippen molar-refractivity contribution < 1.29 is 4.74 Å². The van der Waals surface area contributed by atoms with Gasteiger partial charge < -0.3 is 10.1 Å². The van der Waals surface area contributed by atoms with Gasteiger partial charge in [-0.25, -0.2) is 0 Å². The maximum atomic E-state index is 5.34. The highest BCUT2D eigenvalue weighted by molar-refractivity contribution is 5.51. The van der Waals surface area contributed by atoms with E-state index < -0.39 is 0 Å². The van der Waals surface area contributed by atoms with Gasteiger partial charge >= 0.3 is 0 Å². The Labute approximate surface area is 127 Å². The molecule has 21 heavy (non-hydrogen) atoms. The minimum atomic E-state index is 0.404. The van der Waals surface area contributed by atoms with E-state index in [1.54, 1.807) is 7.11 Å². The Morgan fingerprint density at radius 3 is 2.52 bits per heavy atom. The second-order valence-electron chi connectivity index (χ2n) is 6.03. The molecule has 1 aliphatic carbocycles. The highest BCUT2D eigenvalue weighted by atomic mass is 16.5. The van der Waals surface area contributed by atoms with Crippen molar-refractivity contribution >= 4 is 5.69 Å². The number of nitrogens with one attached hydrogen (secondary N) is 1. The van der Waals surface area contributed by atoms with Crippen LogP contribution in [0.1, 0.15) is 41.1 Å². The Balaban J connectivity index is 1.88. The van der Waals surface area contributed by atoms with E-state index in [1.807, 2.05) is 0 Å². The van der Waals surface area contributed by atoms with Gasteiger partial charge in [-0.1, -0.05) is 12.1 Å². The van der Waals surface area contributed by atoms with Crippen molar-refractivity contribution in [3.05, 3.63) is 58.7 Å². The van der Waals surface area contributed by atoms with Gasteiger partial charge in [-0.15, -0.1) is 0 Å². The molecule has 1 aliphatic rings. The number of hydrogen-bond acceptors (Lipinski definition) is 2. The van der Waals surface area contributed by atoms with Gasteiger partial charge in [0.05, 0.1) is 13.2 Å². The lowest BCUT2D eigenvalue weighted by molar-refractivity contribution is 0.413. The van der Waals surface area contributed by atoms with Gasteiger partial charge in [0.25, 0.3) is 0 Å². The molecule has 3 rings (SSSR count). The van der Waals surface area contributed by atoms with Gasteiger partial charge in [0.15, 0.2) is 0 Å². The first-order valence-electron chi connectivity index (χ1n) is 7.67. The molecule has 0 saturated heterocycles. The molecule has 2 heteroatoms. The summed E-state index contributed by atoms with van der Waals surface area (Å²) in [5.41, 5.74) is 6.68. The lowest BCUT2D eigenvalue weighted by atomic mass is 9.87. The summed E-state index contributed by atoms with van der Waals surface area (Å²) in [5, 5.41) is 3.72. The summed E-state index contributed by atoms with van der Waals surface area (Å²) in [7, 11) is 1.73. The summed E-state index contributed by atoms with van der Waals surface area (Å²) < 4.78 is 5.34. The van der Waals surface area contributed by atoms with Crippen LogP contribution in [0, 0.1) is 13.8 Å².